The van der Waals surface area contributed by atoms with Gasteiger partial charge in [0.25, 0.3) is 0 Å². The third-order valence-corrected chi connectivity index (χ3v) is 2.03. The molecule has 0 saturated carbocycles. The van der Waals surface area contributed by atoms with Crippen LogP contribution in [0.2, 0.25) is 0 Å². The second-order valence-corrected chi connectivity index (χ2v) is 3.78. The zero-order valence-electron chi connectivity index (χ0n) is 10.5. The number of hydrogen-bond acceptors (Lipinski definition) is 5. The van der Waals surface area contributed by atoms with Gasteiger partial charge in [-0.3, -0.25) is 9.59 Å². The van der Waals surface area contributed by atoms with E-state index in [2.05, 4.69) is 10.1 Å². The van der Waals surface area contributed by atoms with Gasteiger partial charge in [-0.2, -0.15) is 0 Å². The third-order valence-electron chi connectivity index (χ3n) is 2.03. The summed E-state index contributed by atoms with van der Waals surface area (Å²) in [7, 11) is 0. The van der Waals surface area contributed by atoms with Crippen LogP contribution in [0.3, 0.4) is 0 Å². The number of ether oxygens (including phenoxy) is 2. The molecule has 0 spiro atoms. The quantitative estimate of drug-likeness (QED) is 0.777. The first kappa shape index (κ1) is 14.7. The predicted molar refractivity (Wildman–Crippen MR) is 66.3 cm³/mol. The van der Waals surface area contributed by atoms with E-state index in [1.165, 1.54) is 6.92 Å². The van der Waals surface area contributed by atoms with Crippen molar-refractivity contribution in [2.24, 2.45) is 0 Å². The monoisotopic (exact) mass is 265 g/mol. The first-order valence-corrected chi connectivity index (χ1v) is 5.67. The molecule has 19 heavy (non-hydrogen) atoms. The van der Waals surface area contributed by atoms with Crippen LogP contribution in [-0.4, -0.2) is 31.0 Å². The minimum atomic E-state index is -0.719. The molecule has 1 aromatic carbocycles. The molecule has 0 aliphatic carbocycles. The van der Waals surface area contributed by atoms with Gasteiger partial charge in [-0.1, -0.05) is 30.3 Å². The topological polar surface area (TPSA) is 81.7 Å². The lowest BCUT2D eigenvalue weighted by Gasteiger charge is -2.06. The molecule has 0 aromatic heterocycles. The van der Waals surface area contributed by atoms with Crippen molar-refractivity contribution in [1.29, 1.82) is 0 Å². The summed E-state index contributed by atoms with van der Waals surface area (Å²) >= 11 is 0. The molecule has 1 amide bonds. The van der Waals surface area contributed by atoms with Crippen LogP contribution in [0.25, 0.3) is 0 Å². The second kappa shape index (κ2) is 7.86. The van der Waals surface area contributed by atoms with Gasteiger partial charge in [-0.05, 0) is 12.5 Å². The normalized spacial score (nSPS) is 9.53. The zero-order chi connectivity index (χ0) is 14.1. The molecular formula is C13H15NO5. The summed E-state index contributed by atoms with van der Waals surface area (Å²) in [6.45, 7) is 0.796. The van der Waals surface area contributed by atoms with Crippen LogP contribution in [0.4, 0.5) is 4.79 Å². The molecule has 0 bridgehead atoms. The molecule has 0 saturated heterocycles. The van der Waals surface area contributed by atoms with E-state index in [-0.39, 0.29) is 25.5 Å². The van der Waals surface area contributed by atoms with Gasteiger partial charge in [0.2, 0.25) is 0 Å². The molecule has 0 aliphatic rings. The Labute approximate surface area is 110 Å². The van der Waals surface area contributed by atoms with E-state index in [4.69, 9.17) is 4.74 Å². The van der Waals surface area contributed by atoms with Crippen LogP contribution in [0.15, 0.2) is 30.3 Å². The van der Waals surface area contributed by atoms with Crippen molar-refractivity contribution in [3.8, 4) is 0 Å². The van der Waals surface area contributed by atoms with Gasteiger partial charge in [0.1, 0.15) is 19.8 Å². The Morgan fingerprint density at radius 3 is 2.42 bits per heavy atom. The largest absolute Gasteiger partial charge is 0.456 e. The molecule has 0 atom stereocenters. The Bertz CT molecular complexity index is 444. The zero-order valence-corrected chi connectivity index (χ0v) is 10.5. The number of hydrogen-bond donors (Lipinski definition) is 1. The molecule has 0 heterocycles. The lowest BCUT2D eigenvalue weighted by atomic mass is 10.2. The van der Waals surface area contributed by atoms with Gasteiger partial charge < -0.3 is 14.8 Å². The van der Waals surface area contributed by atoms with Crippen molar-refractivity contribution in [1.82, 2.24) is 5.32 Å². The maximum atomic E-state index is 11.3. The number of benzene rings is 1. The smallest absolute Gasteiger partial charge is 0.407 e. The van der Waals surface area contributed by atoms with Crippen molar-refractivity contribution >= 4 is 17.8 Å². The van der Waals surface area contributed by atoms with Gasteiger partial charge in [0.05, 0.1) is 0 Å². The van der Waals surface area contributed by atoms with Crippen molar-refractivity contribution in [2.75, 3.05) is 13.2 Å². The Balaban J connectivity index is 2.17. The molecule has 102 valence electrons. The van der Waals surface area contributed by atoms with Crippen LogP contribution in [0.5, 0.6) is 0 Å². The predicted octanol–water partition coefficient (Wildman–Crippen LogP) is 1.04. The number of Topliss-reactive ketones (excluding diaryl/α,β-unsaturated/α-hetero) is 1. The fourth-order valence-electron chi connectivity index (χ4n) is 1.15. The SMILES string of the molecule is CC(=O)COC(=O)CNC(=O)OCc1ccccc1. The van der Waals surface area contributed by atoms with Crippen LogP contribution in [0.1, 0.15) is 12.5 Å². The van der Waals surface area contributed by atoms with Crippen molar-refractivity contribution in [2.45, 2.75) is 13.5 Å². The van der Waals surface area contributed by atoms with Crippen LogP contribution in [0, 0.1) is 0 Å². The maximum absolute atomic E-state index is 11.3. The number of esters is 1. The molecule has 1 rings (SSSR count). The molecule has 0 fully saturated rings. The summed E-state index contributed by atoms with van der Waals surface area (Å²) < 4.78 is 9.44. The fourth-order valence-corrected chi connectivity index (χ4v) is 1.15. The molecule has 6 nitrogen and oxygen atoms in total. The molecule has 0 radical (unpaired) electrons. The number of rotatable bonds is 6. The van der Waals surface area contributed by atoms with Crippen molar-refractivity contribution in [3.05, 3.63) is 35.9 Å². The Kier molecular flexibility index (Phi) is 6.08. The molecule has 1 aromatic rings. The van der Waals surface area contributed by atoms with Crippen molar-refractivity contribution < 1.29 is 23.9 Å². The summed E-state index contributed by atoms with van der Waals surface area (Å²) in [5.41, 5.74) is 0.844. The minimum Gasteiger partial charge on any atom is -0.456 e. The first-order valence-electron chi connectivity index (χ1n) is 5.67. The minimum absolute atomic E-state index is 0.120. The maximum Gasteiger partial charge on any atom is 0.407 e. The number of carbonyl (C=O) groups excluding carboxylic acids is 3. The first-order chi connectivity index (χ1) is 9.08. The molecule has 0 unspecified atom stereocenters. The van der Waals surface area contributed by atoms with E-state index in [1.807, 2.05) is 30.3 Å². The van der Waals surface area contributed by atoms with E-state index in [0.29, 0.717) is 0 Å². The number of amides is 1. The van der Waals surface area contributed by atoms with E-state index in [1.54, 1.807) is 0 Å². The summed E-state index contributed by atoms with van der Waals surface area (Å²) in [6, 6.07) is 9.14. The molecular weight excluding hydrogens is 250 g/mol. The molecule has 6 heteroatoms. The number of alkyl carbamates (subject to hydrolysis) is 1. The second-order valence-electron chi connectivity index (χ2n) is 3.78. The average Bonchev–Trinajstić information content (AvgIpc) is 2.41. The van der Waals surface area contributed by atoms with Gasteiger partial charge in [-0.25, -0.2) is 4.79 Å². The third kappa shape index (κ3) is 6.82. The van der Waals surface area contributed by atoms with E-state index >= 15 is 0 Å². The lowest BCUT2D eigenvalue weighted by molar-refractivity contribution is -0.146. The molecule has 0 aliphatic heterocycles. The highest BCUT2D eigenvalue weighted by Gasteiger charge is 2.08. The van der Waals surface area contributed by atoms with E-state index < -0.39 is 12.1 Å². The van der Waals surface area contributed by atoms with Gasteiger partial charge in [0, 0.05) is 0 Å². The summed E-state index contributed by atoms with van der Waals surface area (Å²) in [5.74, 6) is -0.952. The summed E-state index contributed by atoms with van der Waals surface area (Å²) in [4.78, 5) is 32.9. The Morgan fingerprint density at radius 1 is 1.11 bits per heavy atom. The summed E-state index contributed by atoms with van der Waals surface area (Å²) in [5, 5.41) is 2.23. The van der Waals surface area contributed by atoms with E-state index in [0.717, 1.165) is 5.56 Å². The van der Waals surface area contributed by atoms with Crippen LogP contribution >= 0.6 is 0 Å². The van der Waals surface area contributed by atoms with Crippen LogP contribution in [-0.2, 0) is 25.7 Å². The highest BCUT2D eigenvalue weighted by molar-refractivity contribution is 5.82. The summed E-state index contributed by atoms with van der Waals surface area (Å²) in [6.07, 6.45) is -0.719. The highest BCUT2D eigenvalue weighted by Crippen LogP contribution is 2.00. The highest BCUT2D eigenvalue weighted by atomic mass is 16.6. The van der Waals surface area contributed by atoms with Gasteiger partial charge >= 0.3 is 12.1 Å². The fraction of sp³-hybridized carbons (Fsp3) is 0.308. The number of nitrogens with one attached hydrogen (secondary N) is 1. The number of ketones is 1. The standard InChI is InChI=1S/C13H15NO5/c1-10(15)8-18-12(16)7-14-13(17)19-9-11-5-3-2-4-6-11/h2-6H,7-9H2,1H3,(H,14,17). The Hall–Kier alpha value is -2.37. The Morgan fingerprint density at radius 2 is 1.79 bits per heavy atom. The van der Waals surface area contributed by atoms with Gasteiger partial charge in [0.15, 0.2) is 5.78 Å². The van der Waals surface area contributed by atoms with Crippen molar-refractivity contribution in [3.63, 3.8) is 0 Å². The molecule has 1 N–H and O–H groups in total. The average molecular weight is 265 g/mol. The van der Waals surface area contributed by atoms with E-state index in [9.17, 15) is 14.4 Å². The number of carbonyl (C=O) groups is 3. The van der Waals surface area contributed by atoms with Gasteiger partial charge in [-0.15, -0.1) is 0 Å². The van der Waals surface area contributed by atoms with Crippen LogP contribution < -0.4 is 5.32 Å². The lowest BCUT2D eigenvalue weighted by Crippen LogP contribution is -2.31.